The van der Waals surface area contributed by atoms with Crippen LogP contribution in [0.3, 0.4) is 0 Å². The van der Waals surface area contributed by atoms with Crippen LogP contribution in [0.5, 0.6) is 5.75 Å². The number of hydrogen-bond acceptors (Lipinski definition) is 16. The van der Waals surface area contributed by atoms with Gasteiger partial charge in [0.05, 0.1) is 104 Å². The maximum absolute atomic E-state index is 15.3. The lowest BCUT2D eigenvalue weighted by Crippen LogP contribution is -2.50. The molecule has 4 aromatic rings. The third-order valence-electron chi connectivity index (χ3n) is 12.7. The zero-order chi connectivity index (χ0) is 59.3. The van der Waals surface area contributed by atoms with Crippen molar-refractivity contribution >= 4 is 23.8 Å². The fourth-order valence-corrected chi connectivity index (χ4v) is 8.54. The minimum Gasteiger partial charge on any atom is -0.494 e. The normalized spacial score (nSPS) is 14.3. The van der Waals surface area contributed by atoms with Crippen LogP contribution in [-0.2, 0) is 63.8 Å². The summed E-state index contributed by atoms with van der Waals surface area (Å²) in [5.41, 5.74) is 1.80. The second-order valence-corrected chi connectivity index (χ2v) is 18.5. The van der Waals surface area contributed by atoms with E-state index in [9.17, 15) is 61.6 Å². The van der Waals surface area contributed by atoms with Gasteiger partial charge in [-0.2, -0.15) is 13.2 Å². The Morgan fingerprint density at radius 3 is 1.59 bits per heavy atom. The van der Waals surface area contributed by atoms with Crippen LogP contribution in [0.25, 0.3) is 11.1 Å². The zero-order valence-electron chi connectivity index (χ0n) is 45.5. The number of nitrogens with two attached hydrogens (primary N) is 1. The lowest BCUT2D eigenvalue weighted by molar-refractivity contribution is -0.140. The van der Waals surface area contributed by atoms with Crippen molar-refractivity contribution in [2.45, 2.75) is 32.6 Å². The zero-order valence-corrected chi connectivity index (χ0v) is 45.5. The van der Waals surface area contributed by atoms with Gasteiger partial charge >= 0.3 is 29.8 Å². The summed E-state index contributed by atoms with van der Waals surface area (Å²) in [7, 11) is 1.24. The van der Waals surface area contributed by atoms with E-state index in [2.05, 4.69) is 5.32 Å². The fourth-order valence-electron chi connectivity index (χ4n) is 8.54. The first kappa shape index (κ1) is 66.8. The van der Waals surface area contributed by atoms with Crippen LogP contribution in [0.4, 0.5) is 22.0 Å². The smallest absolute Gasteiger partial charge is 0.416 e. The van der Waals surface area contributed by atoms with E-state index in [4.69, 9.17) is 29.4 Å². The highest BCUT2D eigenvalue weighted by Crippen LogP contribution is 2.34. The number of carboxylic acid groups (broad SMARTS) is 3. The molecular formula is C54H73F5N8O14. The quantitative estimate of drug-likeness (QED) is 0.0385. The standard InChI is InChI=1S/C28H23F5N2O3.C26H50N6O11/c1-17-24(19-10-6-13-23(38-2)25(19)30)26(36)34(15-14-18-8-4-3-5-9-18)27(37)35(17)16-20-21(28(31,32)33)11-7-12-22(20)29;27-1-11-40-13-15-42-17-18-43-16-14-41-12-2-28-23(33)19-29-3-5-30(20-24(34)35)7-9-32(22-26(38)39)10-8-31(6-4-29)21-25(36)37/h3-13H,14-16H2,1-2H3;1-22,27H2,(H,28,33)(H,34,35)(H,36,37)(H,38,39). The molecule has 0 saturated carbocycles. The number of benzene rings is 3. The topological polar surface area (TPSA) is 270 Å². The molecule has 81 heavy (non-hydrogen) atoms. The number of rotatable bonds is 29. The summed E-state index contributed by atoms with van der Waals surface area (Å²) >= 11 is 0. The third-order valence-corrected chi connectivity index (χ3v) is 12.7. The van der Waals surface area contributed by atoms with Crippen LogP contribution in [-0.4, -0.2) is 219 Å². The third kappa shape index (κ3) is 23.4. The van der Waals surface area contributed by atoms with Gasteiger partial charge in [-0.25, -0.2) is 13.6 Å². The van der Waals surface area contributed by atoms with Gasteiger partial charge in [-0.15, -0.1) is 0 Å². The van der Waals surface area contributed by atoms with E-state index in [0.29, 0.717) is 124 Å². The van der Waals surface area contributed by atoms with Gasteiger partial charge in [0, 0.05) is 88.8 Å². The Morgan fingerprint density at radius 2 is 1.11 bits per heavy atom. The highest BCUT2D eigenvalue weighted by atomic mass is 19.4. The predicted octanol–water partition coefficient (Wildman–Crippen LogP) is 2.19. The lowest BCUT2D eigenvalue weighted by Gasteiger charge is -2.32. The number of carbonyl (C=O) groups is 4. The van der Waals surface area contributed by atoms with E-state index in [0.717, 1.165) is 26.8 Å². The average Bonchev–Trinajstić information content (AvgIpc) is 3.44. The van der Waals surface area contributed by atoms with E-state index in [1.807, 2.05) is 4.90 Å². The molecule has 0 aliphatic carbocycles. The van der Waals surface area contributed by atoms with Crippen LogP contribution >= 0.6 is 0 Å². The van der Waals surface area contributed by atoms with E-state index in [1.165, 1.54) is 32.2 Å². The molecule has 3 aromatic carbocycles. The number of nitrogens with zero attached hydrogens (tertiary/aromatic N) is 6. The summed E-state index contributed by atoms with van der Waals surface area (Å²) < 4.78 is 99.2. The first-order valence-electron chi connectivity index (χ1n) is 26.1. The second-order valence-electron chi connectivity index (χ2n) is 18.5. The van der Waals surface area contributed by atoms with Gasteiger partial charge in [-0.3, -0.25) is 52.7 Å². The molecule has 1 aliphatic heterocycles. The van der Waals surface area contributed by atoms with Crippen LogP contribution in [0.15, 0.2) is 76.3 Å². The minimum atomic E-state index is -4.89. The van der Waals surface area contributed by atoms with Gasteiger partial charge in [0.15, 0.2) is 11.6 Å². The fraction of sp³-hybridized carbons (Fsp3) is 0.519. The summed E-state index contributed by atoms with van der Waals surface area (Å²) in [5.74, 6) is -5.46. The molecule has 2 heterocycles. The SMILES string of the molecule is COc1cccc(-c2c(C)n(Cc3c(F)cccc3C(F)(F)F)c(=O)n(CCc3ccccc3)c2=O)c1F.NCCOCCOCCOCCOCCNC(=O)CN1CCN(CC(=O)O)CCN(CC(=O)O)CCN(CC(=O)O)CC1. The van der Waals surface area contributed by atoms with Crippen molar-refractivity contribution < 1.29 is 80.1 Å². The summed E-state index contributed by atoms with van der Waals surface area (Å²) in [5, 5.41) is 30.7. The molecule has 0 spiro atoms. The molecule has 448 valence electrons. The highest BCUT2D eigenvalue weighted by Gasteiger charge is 2.35. The Balaban J connectivity index is 0.000000350. The Morgan fingerprint density at radius 1 is 0.630 bits per heavy atom. The van der Waals surface area contributed by atoms with Crippen molar-refractivity contribution in [2.24, 2.45) is 5.73 Å². The van der Waals surface area contributed by atoms with Crippen LogP contribution in [0.1, 0.15) is 22.4 Å². The number of ether oxygens (including phenoxy) is 5. The van der Waals surface area contributed by atoms with Gasteiger partial charge in [-0.1, -0.05) is 48.5 Å². The van der Waals surface area contributed by atoms with Gasteiger partial charge < -0.3 is 50.1 Å². The molecule has 0 radical (unpaired) electrons. The molecule has 1 saturated heterocycles. The number of alkyl halides is 3. The average molecular weight is 1150 g/mol. The molecule has 1 amide bonds. The summed E-state index contributed by atoms with van der Waals surface area (Å²) in [6, 6.07) is 15.5. The number of aromatic nitrogens is 2. The van der Waals surface area contributed by atoms with Gasteiger partial charge in [-0.05, 0) is 37.1 Å². The second kappa shape index (κ2) is 35.2. The van der Waals surface area contributed by atoms with E-state index in [-0.39, 0.29) is 67.6 Å². The molecule has 1 fully saturated rings. The number of hydrogen-bond donors (Lipinski definition) is 5. The van der Waals surface area contributed by atoms with Crippen molar-refractivity contribution in [1.82, 2.24) is 34.1 Å². The number of halogens is 5. The maximum Gasteiger partial charge on any atom is 0.416 e. The maximum atomic E-state index is 15.3. The van der Waals surface area contributed by atoms with Crippen molar-refractivity contribution in [2.75, 3.05) is 152 Å². The summed E-state index contributed by atoms with van der Waals surface area (Å²) in [4.78, 5) is 80.7. The number of nitrogens with one attached hydrogen (secondary N) is 1. The highest BCUT2D eigenvalue weighted by molar-refractivity contribution is 5.78. The minimum absolute atomic E-state index is 0.0489. The van der Waals surface area contributed by atoms with Crippen LogP contribution in [0, 0.1) is 18.6 Å². The molecule has 6 N–H and O–H groups in total. The van der Waals surface area contributed by atoms with E-state index >= 15 is 4.39 Å². The van der Waals surface area contributed by atoms with Gasteiger partial charge in [0.25, 0.3) is 5.56 Å². The van der Waals surface area contributed by atoms with Crippen molar-refractivity contribution in [1.29, 1.82) is 0 Å². The van der Waals surface area contributed by atoms with Crippen molar-refractivity contribution in [3.8, 4) is 16.9 Å². The van der Waals surface area contributed by atoms with Gasteiger partial charge in [0.1, 0.15) is 5.82 Å². The lowest BCUT2D eigenvalue weighted by atomic mass is 10.0. The molecular weight excluding hydrogens is 1080 g/mol. The van der Waals surface area contributed by atoms with E-state index in [1.54, 1.807) is 45.0 Å². The first-order chi connectivity index (χ1) is 38.7. The summed E-state index contributed by atoms with van der Waals surface area (Å²) in [6.07, 6.45) is -4.65. The Labute approximate surface area is 465 Å². The molecule has 0 unspecified atom stereocenters. The molecule has 1 aliphatic rings. The molecule has 1 aromatic heterocycles. The molecule has 0 bridgehead atoms. The van der Waals surface area contributed by atoms with Crippen LogP contribution < -0.4 is 27.0 Å². The molecule has 5 rings (SSSR count). The molecule has 22 nitrogen and oxygen atoms in total. The van der Waals surface area contributed by atoms with Crippen LogP contribution in [0.2, 0.25) is 0 Å². The summed E-state index contributed by atoms with van der Waals surface area (Å²) in [6.45, 7) is 6.62. The number of amides is 1. The number of carbonyl (C=O) groups excluding carboxylic acids is 1. The number of carboxylic acids is 3. The first-order valence-corrected chi connectivity index (χ1v) is 26.1. The largest absolute Gasteiger partial charge is 0.494 e. The number of methoxy groups -OCH3 is 1. The molecule has 27 heteroatoms. The number of aliphatic carboxylic acids is 3. The molecule has 0 atom stereocenters. The predicted molar refractivity (Wildman–Crippen MR) is 286 cm³/mol. The Bertz CT molecular complexity index is 2700. The van der Waals surface area contributed by atoms with Crippen molar-refractivity contribution in [3.63, 3.8) is 0 Å². The van der Waals surface area contributed by atoms with E-state index < -0.39 is 64.6 Å². The van der Waals surface area contributed by atoms with Gasteiger partial charge in [0.2, 0.25) is 5.91 Å². The Kier molecular flexibility index (Phi) is 29.1. The Hall–Kier alpha value is -6.69. The number of aryl methyl sites for hydroxylation is 1. The van der Waals surface area contributed by atoms with Crippen molar-refractivity contribution in [3.05, 3.63) is 122 Å². The monoisotopic (exact) mass is 1150 g/mol.